The molecule has 3 nitrogen and oxygen atoms in total. The SMILES string of the molecule is CC(C)CCOc1ccc(C(=O)Oc2ccc3ccccc3c2)cc1. The number of rotatable bonds is 6. The average Bonchev–Trinajstić information content (AvgIpc) is 2.62. The quantitative estimate of drug-likeness (QED) is 0.442. The molecule has 0 bridgehead atoms. The second-order valence-corrected chi connectivity index (χ2v) is 6.45. The van der Waals surface area contributed by atoms with Gasteiger partial charge in [-0.05, 0) is 59.5 Å². The van der Waals surface area contributed by atoms with Gasteiger partial charge in [-0.3, -0.25) is 0 Å². The highest BCUT2D eigenvalue weighted by Gasteiger charge is 2.09. The van der Waals surface area contributed by atoms with Crippen molar-refractivity contribution < 1.29 is 14.3 Å². The topological polar surface area (TPSA) is 35.5 Å². The largest absolute Gasteiger partial charge is 0.494 e. The first-order valence-electron chi connectivity index (χ1n) is 8.55. The first-order chi connectivity index (χ1) is 12.1. The molecule has 0 aromatic heterocycles. The van der Waals surface area contributed by atoms with Crippen LogP contribution in [0.5, 0.6) is 11.5 Å². The van der Waals surface area contributed by atoms with Crippen molar-refractivity contribution in [2.45, 2.75) is 20.3 Å². The third kappa shape index (κ3) is 4.60. The van der Waals surface area contributed by atoms with Gasteiger partial charge < -0.3 is 9.47 Å². The van der Waals surface area contributed by atoms with E-state index in [1.54, 1.807) is 24.3 Å². The Morgan fingerprint density at radius 2 is 1.56 bits per heavy atom. The molecular formula is C22H22O3. The molecule has 0 amide bonds. The summed E-state index contributed by atoms with van der Waals surface area (Å²) in [6.45, 7) is 5.00. The summed E-state index contributed by atoms with van der Waals surface area (Å²) in [6.07, 6.45) is 1.01. The van der Waals surface area contributed by atoms with Crippen molar-refractivity contribution in [2.75, 3.05) is 6.61 Å². The van der Waals surface area contributed by atoms with Gasteiger partial charge in [0.25, 0.3) is 0 Å². The molecule has 3 aromatic rings. The minimum atomic E-state index is -0.371. The van der Waals surface area contributed by atoms with Gasteiger partial charge in [-0.1, -0.05) is 44.2 Å². The highest BCUT2D eigenvalue weighted by Crippen LogP contribution is 2.22. The van der Waals surface area contributed by atoms with Crippen LogP contribution in [-0.4, -0.2) is 12.6 Å². The minimum absolute atomic E-state index is 0.371. The summed E-state index contributed by atoms with van der Waals surface area (Å²) < 4.78 is 11.1. The van der Waals surface area contributed by atoms with E-state index in [2.05, 4.69) is 13.8 Å². The molecule has 0 aliphatic heterocycles. The van der Waals surface area contributed by atoms with Crippen LogP contribution in [0.15, 0.2) is 66.7 Å². The second kappa shape index (κ2) is 7.84. The van der Waals surface area contributed by atoms with Crippen LogP contribution in [0, 0.1) is 5.92 Å². The highest BCUT2D eigenvalue weighted by atomic mass is 16.5. The van der Waals surface area contributed by atoms with Gasteiger partial charge in [-0.25, -0.2) is 4.79 Å². The molecule has 0 fully saturated rings. The van der Waals surface area contributed by atoms with Gasteiger partial charge in [-0.2, -0.15) is 0 Å². The summed E-state index contributed by atoms with van der Waals surface area (Å²) in [5.41, 5.74) is 0.504. The number of hydrogen-bond acceptors (Lipinski definition) is 3. The Bertz CT molecular complexity index is 851. The lowest BCUT2D eigenvalue weighted by molar-refractivity contribution is 0.0735. The van der Waals surface area contributed by atoms with Gasteiger partial charge in [0.05, 0.1) is 12.2 Å². The standard InChI is InChI=1S/C22H22O3/c1-16(2)13-14-24-20-10-8-18(9-11-20)22(23)25-21-12-7-17-5-3-4-6-19(17)15-21/h3-12,15-16H,13-14H2,1-2H3. The normalized spacial score (nSPS) is 10.8. The number of carbonyl (C=O) groups excluding carboxylic acids is 1. The maximum absolute atomic E-state index is 12.3. The number of esters is 1. The summed E-state index contributed by atoms with van der Waals surface area (Å²) in [4.78, 5) is 12.3. The molecule has 0 unspecified atom stereocenters. The third-order valence-electron chi connectivity index (χ3n) is 3.99. The fourth-order valence-electron chi connectivity index (χ4n) is 2.50. The third-order valence-corrected chi connectivity index (χ3v) is 3.99. The minimum Gasteiger partial charge on any atom is -0.494 e. The summed E-state index contributed by atoms with van der Waals surface area (Å²) in [5.74, 6) is 1.55. The first kappa shape index (κ1) is 17.0. The van der Waals surface area contributed by atoms with Crippen molar-refractivity contribution >= 4 is 16.7 Å². The Labute approximate surface area is 148 Å². The molecule has 0 aliphatic carbocycles. The van der Waals surface area contributed by atoms with Crippen molar-refractivity contribution in [1.29, 1.82) is 0 Å². The van der Waals surface area contributed by atoms with E-state index >= 15 is 0 Å². The van der Waals surface area contributed by atoms with E-state index in [1.807, 2.05) is 42.5 Å². The van der Waals surface area contributed by atoms with Gasteiger partial charge in [0, 0.05) is 0 Å². The molecule has 0 radical (unpaired) electrons. The maximum Gasteiger partial charge on any atom is 0.343 e. The molecule has 25 heavy (non-hydrogen) atoms. The first-order valence-corrected chi connectivity index (χ1v) is 8.55. The molecule has 0 N–H and O–H groups in total. The fourth-order valence-corrected chi connectivity index (χ4v) is 2.50. The van der Waals surface area contributed by atoms with Crippen molar-refractivity contribution in [1.82, 2.24) is 0 Å². The van der Waals surface area contributed by atoms with E-state index in [1.165, 1.54) is 0 Å². The zero-order valence-electron chi connectivity index (χ0n) is 14.6. The van der Waals surface area contributed by atoms with Crippen molar-refractivity contribution in [3.05, 3.63) is 72.3 Å². The number of hydrogen-bond donors (Lipinski definition) is 0. The van der Waals surface area contributed by atoms with E-state index in [9.17, 15) is 4.79 Å². The Kier molecular flexibility index (Phi) is 5.34. The molecule has 0 spiro atoms. The van der Waals surface area contributed by atoms with E-state index in [0.717, 1.165) is 22.9 Å². The molecule has 0 atom stereocenters. The molecule has 0 heterocycles. The van der Waals surface area contributed by atoms with Crippen LogP contribution in [0.3, 0.4) is 0 Å². The van der Waals surface area contributed by atoms with Crippen molar-refractivity contribution in [3.8, 4) is 11.5 Å². The molecule has 3 aromatic carbocycles. The molecule has 0 saturated carbocycles. The van der Waals surface area contributed by atoms with E-state index in [0.29, 0.717) is 23.8 Å². The number of carbonyl (C=O) groups is 1. The number of ether oxygens (including phenoxy) is 2. The Morgan fingerprint density at radius 3 is 2.28 bits per heavy atom. The van der Waals surface area contributed by atoms with Gasteiger partial charge in [0.15, 0.2) is 0 Å². The molecule has 3 rings (SSSR count). The Morgan fingerprint density at radius 1 is 0.880 bits per heavy atom. The summed E-state index contributed by atoms with van der Waals surface area (Å²) in [5, 5.41) is 2.16. The lowest BCUT2D eigenvalue weighted by Gasteiger charge is -2.09. The Hall–Kier alpha value is -2.81. The molecule has 0 aliphatic rings. The van der Waals surface area contributed by atoms with E-state index in [4.69, 9.17) is 9.47 Å². The number of fused-ring (bicyclic) bond motifs is 1. The zero-order valence-corrected chi connectivity index (χ0v) is 14.6. The predicted molar refractivity (Wildman–Crippen MR) is 100 cm³/mol. The summed E-state index contributed by atoms with van der Waals surface area (Å²) in [6, 6.07) is 20.7. The monoisotopic (exact) mass is 334 g/mol. The molecule has 128 valence electrons. The molecule has 3 heteroatoms. The second-order valence-electron chi connectivity index (χ2n) is 6.45. The maximum atomic E-state index is 12.3. The fraction of sp³-hybridized carbons (Fsp3) is 0.227. The molecule has 0 saturated heterocycles. The van der Waals surface area contributed by atoms with Gasteiger partial charge in [-0.15, -0.1) is 0 Å². The van der Waals surface area contributed by atoms with Crippen LogP contribution in [0.25, 0.3) is 10.8 Å². The van der Waals surface area contributed by atoms with Crippen LogP contribution in [0.1, 0.15) is 30.6 Å². The van der Waals surface area contributed by atoms with Gasteiger partial charge in [0.2, 0.25) is 0 Å². The number of benzene rings is 3. The van der Waals surface area contributed by atoms with Crippen LogP contribution < -0.4 is 9.47 Å². The van der Waals surface area contributed by atoms with Crippen molar-refractivity contribution in [2.24, 2.45) is 5.92 Å². The zero-order chi connectivity index (χ0) is 17.6. The highest BCUT2D eigenvalue weighted by molar-refractivity contribution is 5.92. The van der Waals surface area contributed by atoms with Crippen LogP contribution in [0.4, 0.5) is 0 Å². The smallest absolute Gasteiger partial charge is 0.343 e. The summed E-state index contributed by atoms with van der Waals surface area (Å²) in [7, 11) is 0. The van der Waals surface area contributed by atoms with Crippen molar-refractivity contribution in [3.63, 3.8) is 0 Å². The lowest BCUT2D eigenvalue weighted by Crippen LogP contribution is -2.08. The van der Waals surface area contributed by atoms with Gasteiger partial charge in [0.1, 0.15) is 11.5 Å². The van der Waals surface area contributed by atoms with Crippen LogP contribution >= 0.6 is 0 Å². The lowest BCUT2D eigenvalue weighted by atomic mass is 10.1. The Balaban J connectivity index is 1.63. The van der Waals surface area contributed by atoms with E-state index in [-0.39, 0.29) is 5.97 Å². The van der Waals surface area contributed by atoms with Crippen LogP contribution in [0.2, 0.25) is 0 Å². The van der Waals surface area contributed by atoms with E-state index < -0.39 is 0 Å². The van der Waals surface area contributed by atoms with Gasteiger partial charge >= 0.3 is 5.97 Å². The average molecular weight is 334 g/mol. The summed E-state index contributed by atoms with van der Waals surface area (Å²) >= 11 is 0. The van der Waals surface area contributed by atoms with Crippen LogP contribution in [-0.2, 0) is 0 Å². The molecular weight excluding hydrogens is 312 g/mol. The predicted octanol–water partition coefficient (Wildman–Crippen LogP) is 5.48.